The predicted octanol–water partition coefficient (Wildman–Crippen LogP) is 2.81. The van der Waals surface area contributed by atoms with E-state index in [1.165, 1.54) is 24.3 Å². The maximum Gasteiger partial charge on any atom is 0.229 e. The highest BCUT2D eigenvalue weighted by Crippen LogP contribution is 2.22. The number of nitrogens with zero attached hydrogens (tertiary/aromatic N) is 1. The van der Waals surface area contributed by atoms with E-state index in [-0.39, 0.29) is 30.0 Å². The van der Waals surface area contributed by atoms with Gasteiger partial charge < -0.3 is 10.2 Å². The zero-order valence-electron chi connectivity index (χ0n) is 12.5. The van der Waals surface area contributed by atoms with E-state index >= 15 is 0 Å². The quantitative estimate of drug-likeness (QED) is 0.944. The van der Waals surface area contributed by atoms with Gasteiger partial charge in [-0.05, 0) is 29.8 Å². The molecule has 4 nitrogen and oxygen atoms in total. The lowest BCUT2D eigenvalue weighted by molar-refractivity contribution is -0.128. The number of amides is 2. The number of benzene rings is 2. The van der Waals surface area contributed by atoms with Gasteiger partial charge in [-0.1, -0.05) is 30.3 Å². The number of hydrogen-bond donors (Lipinski definition) is 1. The Morgan fingerprint density at radius 3 is 2.52 bits per heavy atom. The molecule has 0 aliphatic carbocycles. The summed E-state index contributed by atoms with van der Waals surface area (Å²) >= 11 is 0. The normalized spacial score (nSPS) is 17.3. The summed E-state index contributed by atoms with van der Waals surface area (Å²) in [6.45, 7) is 0.917. The highest BCUT2D eigenvalue weighted by atomic mass is 19.1. The van der Waals surface area contributed by atoms with E-state index in [2.05, 4.69) is 5.32 Å². The summed E-state index contributed by atoms with van der Waals surface area (Å²) in [6.07, 6.45) is 0.208. The molecule has 0 spiro atoms. The topological polar surface area (TPSA) is 49.4 Å². The van der Waals surface area contributed by atoms with Crippen LogP contribution in [0.25, 0.3) is 0 Å². The van der Waals surface area contributed by atoms with Crippen LogP contribution in [-0.4, -0.2) is 23.3 Å². The van der Waals surface area contributed by atoms with Crippen molar-refractivity contribution >= 4 is 17.5 Å². The van der Waals surface area contributed by atoms with Crippen LogP contribution >= 0.6 is 0 Å². The highest BCUT2D eigenvalue weighted by Gasteiger charge is 2.34. The van der Waals surface area contributed by atoms with Gasteiger partial charge in [-0.3, -0.25) is 9.59 Å². The first-order valence-electron chi connectivity index (χ1n) is 7.50. The number of carbonyl (C=O) groups is 2. The van der Waals surface area contributed by atoms with Crippen LogP contribution in [0.15, 0.2) is 54.6 Å². The number of likely N-dealkylation sites (tertiary alicyclic amines) is 1. The van der Waals surface area contributed by atoms with Gasteiger partial charge in [0.25, 0.3) is 0 Å². The summed E-state index contributed by atoms with van der Waals surface area (Å²) in [7, 11) is 0. The predicted molar refractivity (Wildman–Crippen MR) is 85.0 cm³/mol. The van der Waals surface area contributed by atoms with Crippen molar-refractivity contribution < 1.29 is 14.0 Å². The van der Waals surface area contributed by atoms with E-state index in [9.17, 15) is 14.0 Å². The molecule has 3 rings (SSSR count). The lowest BCUT2D eigenvalue weighted by Crippen LogP contribution is -2.28. The number of hydrogen-bond acceptors (Lipinski definition) is 2. The molecule has 0 saturated carbocycles. The Labute approximate surface area is 133 Å². The van der Waals surface area contributed by atoms with Crippen LogP contribution in [0.5, 0.6) is 0 Å². The molecule has 0 radical (unpaired) electrons. The first-order valence-corrected chi connectivity index (χ1v) is 7.50. The number of carbonyl (C=O) groups excluding carboxylic acids is 2. The molecule has 118 valence electrons. The van der Waals surface area contributed by atoms with Crippen LogP contribution in [0, 0.1) is 11.7 Å². The SMILES string of the molecule is O=C(Nc1ccc(F)cc1)[C@H]1CC(=O)N(Cc2ccccc2)C1. The Balaban J connectivity index is 1.60. The summed E-state index contributed by atoms with van der Waals surface area (Å²) < 4.78 is 12.9. The average Bonchev–Trinajstić information content (AvgIpc) is 2.92. The van der Waals surface area contributed by atoms with Crippen LogP contribution in [0.3, 0.4) is 0 Å². The zero-order valence-corrected chi connectivity index (χ0v) is 12.5. The molecule has 1 atom stereocenters. The molecule has 1 aliphatic heterocycles. The minimum absolute atomic E-state index is 0.0203. The van der Waals surface area contributed by atoms with E-state index in [1.54, 1.807) is 4.90 Å². The summed E-state index contributed by atoms with van der Waals surface area (Å²) in [5, 5.41) is 2.73. The van der Waals surface area contributed by atoms with Gasteiger partial charge in [-0.2, -0.15) is 0 Å². The van der Waals surface area contributed by atoms with Gasteiger partial charge in [0, 0.05) is 25.2 Å². The fraction of sp³-hybridized carbons (Fsp3) is 0.222. The third-order valence-corrected chi connectivity index (χ3v) is 3.91. The molecule has 0 unspecified atom stereocenters. The van der Waals surface area contributed by atoms with E-state index in [0.29, 0.717) is 18.8 Å². The fourth-order valence-corrected chi connectivity index (χ4v) is 2.68. The van der Waals surface area contributed by atoms with Crippen molar-refractivity contribution in [2.45, 2.75) is 13.0 Å². The smallest absolute Gasteiger partial charge is 0.229 e. The Morgan fingerprint density at radius 1 is 1.13 bits per heavy atom. The summed E-state index contributed by atoms with van der Waals surface area (Å²) in [4.78, 5) is 26.0. The van der Waals surface area contributed by atoms with Crippen molar-refractivity contribution in [3.63, 3.8) is 0 Å². The molecule has 1 N–H and O–H groups in total. The van der Waals surface area contributed by atoms with Gasteiger partial charge in [0.2, 0.25) is 11.8 Å². The van der Waals surface area contributed by atoms with E-state index < -0.39 is 0 Å². The second-order valence-corrected chi connectivity index (χ2v) is 5.66. The molecule has 1 fully saturated rings. The zero-order chi connectivity index (χ0) is 16.2. The Kier molecular flexibility index (Phi) is 4.37. The molecule has 1 saturated heterocycles. The lowest BCUT2D eigenvalue weighted by Gasteiger charge is -2.16. The van der Waals surface area contributed by atoms with Crippen LogP contribution in [0.1, 0.15) is 12.0 Å². The minimum Gasteiger partial charge on any atom is -0.338 e. The molecular weight excluding hydrogens is 295 g/mol. The third-order valence-electron chi connectivity index (χ3n) is 3.91. The van der Waals surface area contributed by atoms with E-state index in [1.807, 2.05) is 30.3 Å². The largest absolute Gasteiger partial charge is 0.338 e. The molecule has 1 aliphatic rings. The molecule has 2 aromatic rings. The average molecular weight is 312 g/mol. The minimum atomic E-state index is -0.378. The van der Waals surface area contributed by atoms with Crippen molar-refractivity contribution in [3.05, 3.63) is 66.0 Å². The van der Waals surface area contributed by atoms with Crippen molar-refractivity contribution in [2.24, 2.45) is 5.92 Å². The van der Waals surface area contributed by atoms with Crippen LogP contribution in [-0.2, 0) is 16.1 Å². The van der Waals surface area contributed by atoms with Crippen molar-refractivity contribution in [1.29, 1.82) is 0 Å². The maximum absolute atomic E-state index is 12.9. The van der Waals surface area contributed by atoms with E-state index in [4.69, 9.17) is 0 Å². The second-order valence-electron chi connectivity index (χ2n) is 5.66. The first-order chi connectivity index (χ1) is 11.1. The van der Waals surface area contributed by atoms with E-state index in [0.717, 1.165) is 5.56 Å². The monoisotopic (exact) mass is 312 g/mol. The molecule has 5 heteroatoms. The second kappa shape index (κ2) is 6.60. The molecule has 0 bridgehead atoms. The first kappa shape index (κ1) is 15.2. The molecule has 23 heavy (non-hydrogen) atoms. The van der Waals surface area contributed by atoms with Gasteiger partial charge in [-0.15, -0.1) is 0 Å². The molecule has 0 aromatic heterocycles. The Morgan fingerprint density at radius 2 is 1.83 bits per heavy atom. The Bertz CT molecular complexity index is 701. The van der Waals surface area contributed by atoms with Crippen molar-refractivity contribution in [1.82, 2.24) is 4.90 Å². The van der Waals surface area contributed by atoms with Crippen LogP contribution < -0.4 is 5.32 Å². The maximum atomic E-state index is 12.9. The lowest BCUT2D eigenvalue weighted by atomic mass is 10.1. The van der Waals surface area contributed by atoms with Crippen LogP contribution in [0.4, 0.5) is 10.1 Å². The summed E-state index contributed by atoms with van der Waals surface area (Å²) in [5.41, 5.74) is 1.57. The van der Waals surface area contributed by atoms with Gasteiger partial charge in [0.05, 0.1) is 5.92 Å². The Hall–Kier alpha value is -2.69. The van der Waals surface area contributed by atoms with Crippen molar-refractivity contribution in [3.8, 4) is 0 Å². The number of anilines is 1. The summed E-state index contributed by atoms with van der Waals surface area (Å²) in [5.74, 6) is -0.960. The fourth-order valence-electron chi connectivity index (χ4n) is 2.68. The van der Waals surface area contributed by atoms with Crippen LogP contribution in [0.2, 0.25) is 0 Å². The standard InChI is InChI=1S/C18H17FN2O2/c19-15-6-8-16(9-7-15)20-18(23)14-10-17(22)21(12-14)11-13-4-2-1-3-5-13/h1-9,14H,10-12H2,(H,20,23)/t14-/m0/s1. The number of halogens is 1. The van der Waals surface area contributed by atoms with Gasteiger partial charge >= 0.3 is 0 Å². The highest BCUT2D eigenvalue weighted by molar-refractivity contribution is 5.97. The van der Waals surface area contributed by atoms with Gasteiger partial charge in [0.15, 0.2) is 0 Å². The van der Waals surface area contributed by atoms with Crippen molar-refractivity contribution in [2.75, 3.05) is 11.9 Å². The third kappa shape index (κ3) is 3.74. The number of nitrogens with one attached hydrogen (secondary N) is 1. The molecule has 1 heterocycles. The van der Waals surface area contributed by atoms with Gasteiger partial charge in [-0.25, -0.2) is 4.39 Å². The number of rotatable bonds is 4. The van der Waals surface area contributed by atoms with Gasteiger partial charge in [0.1, 0.15) is 5.82 Å². The molecule has 2 amide bonds. The molecule has 2 aromatic carbocycles. The molecular formula is C18H17FN2O2. The summed E-state index contributed by atoms with van der Waals surface area (Å²) in [6, 6.07) is 15.3.